The van der Waals surface area contributed by atoms with Gasteiger partial charge in [-0.25, -0.2) is 4.79 Å². The van der Waals surface area contributed by atoms with Crippen molar-refractivity contribution in [2.24, 2.45) is 0 Å². The molecule has 2 rings (SSSR count). The molecule has 0 aromatic heterocycles. The van der Waals surface area contributed by atoms with E-state index in [0.29, 0.717) is 13.1 Å². The van der Waals surface area contributed by atoms with E-state index in [4.69, 9.17) is 0 Å². The average Bonchev–Trinajstić information content (AvgIpc) is 2.55. The number of carbonyl (C=O) groups excluding carboxylic acids is 2. The second kappa shape index (κ2) is 8.82. The van der Waals surface area contributed by atoms with Gasteiger partial charge in [0.05, 0.1) is 6.54 Å². The zero-order valence-corrected chi connectivity index (χ0v) is 13.7. The van der Waals surface area contributed by atoms with E-state index in [2.05, 4.69) is 17.0 Å². The fraction of sp³-hybridized carbons (Fsp3) is 0.500. The summed E-state index contributed by atoms with van der Waals surface area (Å²) >= 11 is 0. The van der Waals surface area contributed by atoms with Gasteiger partial charge in [-0.15, -0.1) is 0 Å². The monoisotopic (exact) mass is 358 g/mol. The van der Waals surface area contributed by atoms with Crippen molar-refractivity contribution in [2.45, 2.75) is 12.7 Å². The molecule has 0 unspecified atom stereocenters. The van der Waals surface area contributed by atoms with Crippen molar-refractivity contribution in [1.29, 1.82) is 0 Å². The number of piperazine rings is 1. The van der Waals surface area contributed by atoms with E-state index in [1.807, 2.05) is 28.4 Å². The third-order valence-corrected chi connectivity index (χ3v) is 3.78. The van der Waals surface area contributed by atoms with E-state index < -0.39 is 24.7 Å². The van der Waals surface area contributed by atoms with Crippen molar-refractivity contribution < 1.29 is 22.8 Å². The lowest BCUT2D eigenvalue weighted by atomic mass is 10.2. The number of amides is 3. The van der Waals surface area contributed by atoms with Gasteiger partial charge in [-0.05, 0) is 5.56 Å². The molecule has 6 nitrogen and oxygen atoms in total. The van der Waals surface area contributed by atoms with Gasteiger partial charge in [0.25, 0.3) is 0 Å². The molecule has 2 N–H and O–H groups in total. The fourth-order valence-corrected chi connectivity index (χ4v) is 2.54. The second-order valence-electron chi connectivity index (χ2n) is 5.88. The Labute approximate surface area is 144 Å². The van der Waals surface area contributed by atoms with E-state index >= 15 is 0 Å². The normalized spacial score (nSPS) is 16.4. The van der Waals surface area contributed by atoms with Crippen molar-refractivity contribution in [3.63, 3.8) is 0 Å². The molecule has 1 aliphatic heterocycles. The molecule has 1 aliphatic rings. The molecule has 0 aliphatic carbocycles. The molecule has 0 spiro atoms. The highest BCUT2D eigenvalue weighted by Crippen LogP contribution is 2.12. The molecular formula is C16H21F3N4O2. The number of benzene rings is 1. The van der Waals surface area contributed by atoms with Gasteiger partial charge in [0.15, 0.2) is 0 Å². The minimum Gasteiger partial charge on any atom is -0.329 e. The predicted octanol–water partition coefficient (Wildman–Crippen LogP) is 1.19. The van der Waals surface area contributed by atoms with Gasteiger partial charge in [-0.2, -0.15) is 13.2 Å². The number of halogens is 3. The van der Waals surface area contributed by atoms with E-state index in [1.165, 1.54) is 5.56 Å². The molecule has 1 saturated heterocycles. The Morgan fingerprint density at radius 1 is 1.00 bits per heavy atom. The van der Waals surface area contributed by atoms with Crippen molar-refractivity contribution in [2.75, 3.05) is 39.3 Å². The van der Waals surface area contributed by atoms with Gasteiger partial charge in [-0.1, -0.05) is 30.3 Å². The van der Waals surface area contributed by atoms with Crippen LogP contribution in [0.2, 0.25) is 0 Å². The molecule has 1 fully saturated rings. The Balaban J connectivity index is 1.65. The van der Waals surface area contributed by atoms with E-state index in [0.717, 1.165) is 19.6 Å². The molecule has 138 valence electrons. The van der Waals surface area contributed by atoms with Crippen LogP contribution in [0.25, 0.3) is 0 Å². The Kier molecular flexibility index (Phi) is 6.77. The van der Waals surface area contributed by atoms with Gasteiger partial charge < -0.3 is 5.32 Å². The SMILES string of the molecule is O=C(CN1CCN(Cc2ccccc2)CC1)NC(=O)NCC(F)(F)F. The molecule has 9 heteroatoms. The maximum atomic E-state index is 12.0. The Morgan fingerprint density at radius 2 is 1.60 bits per heavy atom. The van der Waals surface area contributed by atoms with Gasteiger partial charge >= 0.3 is 12.2 Å². The number of imide groups is 1. The lowest BCUT2D eigenvalue weighted by Gasteiger charge is -2.34. The number of urea groups is 1. The number of nitrogens with one attached hydrogen (secondary N) is 2. The smallest absolute Gasteiger partial charge is 0.329 e. The highest BCUT2D eigenvalue weighted by molar-refractivity contribution is 5.95. The van der Waals surface area contributed by atoms with Crippen molar-refractivity contribution >= 4 is 11.9 Å². The summed E-state index contributed by atoms with van der Waals surface area (Å²) in [5, 5.41) is 3.51. The van der Waals surface area contributed by atoms with Gasteiger partial charge in [0.2, 0.25) is 5.91 Å². The first-order valence-corrected chi connectivity index (χ1v) is 7.95. The molecule has 0 saturated carbocycles. The lowest BCUT2D eigenvalue weighted by Crippen LogP contribution is -2.51. The molecule has 1 heterocycles. The largest absolute Gasteiger partial charge is 0.405 e. The summed E-state index contributed by atoms with van der Waals surface area (Å²) in [7, 11) is 0. The van der Waals surface area contributed by atoms with Crippen molar-refractivity contribution in [3.05, 3.63) is 35.9 Å². The van der Waals surface area contributed by atoms with Crippen LogP contribution in [0.15, 0.2) is 30.3 Å². The highest BCUT2D eigenvalue weighted by Gasteiger charge is 2.28. The van der Waals surface area contributed by atoms with Crippen LogP contribution < -0.4 is 10.6 Å². The summed E-state index contributed by atoms with van der Waals surface area (Å²) in [6.45, 7) is 2.23. The minimum atomic E-state index is -4.50. The summed E-state index contributed by atoms with van der Waals surface area (Å²) in [5.74, 6) is -0.615. The number of hydrogen-bond donors (Lipinski definition) is 2. The fourth-order valence-electron chi connectivity index (χ4n) is 2.54. The first kappa shape index (κ1) is 19.2. The van der Waals surface area contributed by atoms with Crippen LogP contribution in [-0.2, 0) is 11.3 Å². The van der Waals surface area contributed by atoms with Crippen LogP contribution in [0.1, 0.15) is 5.56 Å². The van der Waals surface area contributed by atoms with Crippen molar-refractivity contribution in [1.82, 2.24) is 20.4 Å². The Hall–Kier alpha value is -2.13. The van der Waals surface area contributed by atoms with E-state index in [-0.39, 0.29) is 6.54 Å². The summed E-state index contributed by atoms with van der Waals surface area (Å²) in [6, 6.07) is 8.91. The molecule has 0 radical (unpaired) electrons. The van der Waals surface area contributed by atoms with E-state index in [1.54, 1.807) is 5.32 Å². The summed E-state index contributed by atoms with van der Waals surface area (Å²) in [5.41, 5.74) is 1.22. The van der Waals surface area contributed by atoms with Crippen LogP contribution in [-0.4, -0.2) is 67.2 Å². The summed E-state index contributed by atoms with van der Waals surface area (Å²) in [4.78, 5) is 27.1. The zero-order valence-electron chi connectivity index (χ0n) is 13.7. The molecule has 0 atom stereocenters. The van der Waals surface area contributed by atoms with Crippen LogP contribution in [0, 0.1) is 0 Å². The lowest BCUT2D eigenvalue weighted by molar-refractivity contribution is -0.125. The quantitative estimate of drug-likeness (QED) is 0.830. The van der Waals surface area contributed by atoms with Crippen LogP contribution in [0.3, 0.4) is 0 Å². The van der Waals surface area contributed by atoms with Crippen LogP contribution in [0.5, 0.6) is 0 Å². The number of alkyl halides is 3. The van der Waals surface area contributed by atoms with E-state index in [9.17, 15) is 22.8 Å². The van der Waals surface area contributed by atoms with Gasteiger partial charge in [0.1, 0.15) is 6.54 Å². The highest BCUT2D eigenvalue weighted by atomic mass is 19.4. The average molecular weight is 358 g/mol. The molecule has 1 aromatic rings. The summed E-state index contributed by atoms with van der Waals surface area (Å²) < 4.78 is 35.9. The minimum absolute atomic E-state index is 0.0153. The number of rotatable bonds is 5. The molecular weight excluding hydrogens is 337 g/mol. The van der Waals surface area contributed by atoms with Crippen LogP contribution >= 0.6 is 0 Å². The number of nitrogens with zero attached hydrogens (tertiary/aromatic N) is 2. The second-order valence-corrected chi connectivity index (χ2v) is 5.88. The third kappa shape index (κ3) is 7.53. The first-order chi connectivity index (χ1) is 11.8. The topological polar surface area (TPSA) is 64.7 Å². The molecule has 3 amide bonds. The number of hydrogen-bond acceptors (Lipinski definition) is 4. The standard InChI is InChI=1S/C16H21F3N4O2/c17-16(18,19)12-20-15(25)21-14(24)11-23-8-6-22(7-9-23)10-13-4-2-1-3-5-13/h1-5H,6-12H2,(H2,20,21,24,25). The zero-order chi connectivity index (χ0) is 18.3. The molecule has 25 heavy (non-hydrogen) atoms. The molecule has 1 aromatic carbocycles. The third-order valence-electron chi connectivity index (χ3n) is 3.78. The summed E-state index contributed by atoms with van der Waals surface area (Å²) in [6.07, 6.45) is -4.50. The van der Waals surface area contributed by atoms with Crippen LogP contribution in [0.4, 0.5) is 18.0 Å². The number of carbonyl (C=O) groups is 2. The van der Waals surface area contributed by atoms with Gasteiger partial charge in [0, 0.05) is 32.7 Å². The Bertz CT molecular complexity index is 572. The van der Waals surface area contributed by atoms with Crippen molar-refractivity contribution in [3.8, 4) is 0 Å². The maximum Gasteiger partial charge on any atom is 0.405 e. The first-order valence-electron chi connectivity index (χ1n) is 7.95. The van der Waals surface area contributed by atoms with Gasteiger partial charge in [-0.3, -0.25) is 19.9 Å². The predicted molar refractivity (Wildman–Crippen MR) is 85.8 cm³/mol. The maximum absolute atomic E-state index is 12.0. The molecule has 0 bridgehead atoms. The Morgan fingerprint density at radius 3 is 2.20 bits per heavy atom.